The van der Waals surface area contributed by atoms with E-state index in [1.165, 1.54) is 32.1 Å². The van der Waals surface area contributed by atoms with Crippen molar-refractivity contribution in [2.45, 2.75) is 51.2 Å². The third kappa shape index (κ3) is 3.58. The topological polar surface area (TPSA) is 46.2 Å². The van der Waals surface area contributed by atoms with Gasteiger partial charge in [-0.15, -0.1) is 0 Å². The smallest absolute Gasteiger partial charge is 0.213 e. The van der Waals surface area contributed by atoms with Gasteiger partial charge in [-0.3, -0.25) is 0 Å². The normalized spacial score (nSPS) is 20.2. The van der Waals surface area contributed by atoms with E-state index in [0.717, 1.165) is 0 Å². The highest BCUT2D eigenvalue weighted by Crippen LogP contribution is 2.22. The fourth-order valence-corrected chi connectivity index (χ4v) is 2.59. The third-order valence-corrected chi connectivity index (χ3v) is 4.73. The summed E-state index contributed by atoms with van der Waals surface area (Å²) in [6.45, 7) is 4.06. The van der Waals surface area contributed by atoms with Gasteiger partial charge in [-0.05, 0) is 32.6 Å². The minimum absolute atomic E-state index is 0.314. The summed E-state index contributed by atoms with van der Waals surface area (Å²) in [5, 5.41) is -0.314. The van der Waals surface area contributed by atoms with Crippen LogP contribution in [0.2, 0.25) is 0 Å². The van der Waals surface area contributed by atoms with Crippen LogP contribution in [-0.4, -0.2) is 20.2 Å². The number of nitrogens with one attached hydrogen (secondary N) is 1. The van der Waals surface area contributed by atoms with Gasteiger partial charge in [0.15, 0.2) is 0 Å². The summed E-state index contributed by atoms with van der Waals surface area (Å²) in [6.07, 6.45) is 6.19. The standard InChI is InChI=1S/C10H21NO2S/c1-9(2)14(12,13)11-8-10-6-4-3-5-7-10/h9-11H,3-8H2,1-2H3. The van der Waals surface area contributed by atoms with Crippen molar-refractivity contribution in [2.24, 2.45) is 5.92 Å². The van der Waals surface area contributed by atoms with Crippen molar-refractivity contribution in [3.8, 4) is 0 Å². The summed E-state index contributed by atoms with van der Waals surface area (Å²) in [5.41, 5.74) is 0. The lowest BCUT2D eigenvalue weighted by atomic mass is 9.90. The van der Waals surface area contributed by atoms with Gasteiger partial charge in [-0.2, -0.15) is 0 Å². The summed E-state index contributed by atoms with van der Waals surface area (Å²) >= 11 is 0. The molecular formula is C10H21NO2S. The van der Waals surface area contributed by atoms with E-state index in [9.17, 15) is 8.42 Å². The summed E-state index contributed by atoms with van der Waals surface area (Å²) in [6, 6.07) is 0. The molecule has 0 aliphatic heterocycles. The molecule has 1 fully saturated rings. The fraction of sp³-hybridized carbons (Fsp3) is 1.00. The first kappa shape index (κ1) is 12.0. The minimum atomic E-state index is -3.05. The highest BCUT2D eigenvalue weighted by atomic mass is 32.2. The summed E-state index contributed by atoms with van der Waals surface area (Å²) in [7, 11) is -3.05. The zero-order valence-electron chi connectivity index (χ0n) is 9.12. The van der Waals surface area contributed by atoms with Crippen LogP contribution in [0.25, 0.3) is 0 Å². The van der Waals surface area contributed by atoms with E-state index in [4.69, 9.17) is 0 Å². The number of hydrogen-bond donors (Lipinski definition) is 1. The van der Waals surface area contributed by atoms with Gasteiger partial charge in [0, 0.05) is 6.54 Å². The fourth-order valence-electron chi connectivity index (χ4n) is 1.79. The molecule has 0 aromatic heterocycles. The molecule has 1 aliphatic rings. The van der Waals surface area contributed by atoms with Gasteiger partial charge in [0.2, 0.25) is 10.0 Å². The second kappa shape index (κ2) is 5.12. The molecule has 0 aromatic rings. The Morgan fingerprint density at radius 3 is 2.29 bits per heavy atom. The van der Waals surface area contributed by atoms with E-state index < -0.39 is 10.0 Å². The van der Waals surface area contributed by atoms with Gasteiger partial charge < -0.3 is 0 Å². The van der Waals surface area contributed by atoms with Crippen LogP contribution in [0.15, 0.2) is 0 Å². The van der Waals surface area contributed by atoms with Crippen molar-refractivity contribution in [2.75, 3.05) is 6.54 Å². The van der Waals surface area contributed by atoms with Gasteiger partial charge in [-0.25, -0.2) is 13.1 Å². The van der Waals surface area contributed by atoms with Crippen LogP contribution in [0.4, 0.5) is 0 Å². The van der Waals surface area contributed by atoms with Crippen LogP contribution < -0.4 is 4.72 Å². The van der Waals surface area contributed by atoms with E-state index in [1.807, 2.05) is 0 Å². The maximum atomic E-state index is 11.5. The van der Waals surface area contributed by atoms with E-state index in [-0.39, 0.29) is 5.25 Å². The molecule has 0 atom stereocenters. The second-order valence-corrected chi connectivity index (χ2v) is 6.77. The Kier molecular flexibility index (Phi) is 4.38. The molecule has 0 saturated heterocycles. The average molecular weight is 219 g/mol. The first-order chi connectivity index (χ1) is 6.52. The van der Waals surface area contributed by atoms with Crippen LogP contribution in [0, 0.1) is 5.92 Å². The molecule has 1 N–H and O–H groups in total. The van der Waals surface area contributed by atoms with Gasteiger partial charge in [0.25, 0.3) is 0 Å². The highest BCUT2D eigenvalue weighted by molar-refractivity contribution is 7.90. The molecule has 1 aliphatic carbocycles. The summed E-state index contributed by atoms with van der Waals surface area (Å²) in [4.78, 5) is 0. The molecule has 0 radical (unpaired) electrons. The monoisotopic (exact) mass is 219 g/mol. The maximum Gasteiger partial charge on any atom is 0.213 e. The minimum Gasteiger partial charge on any atom is -0.215 e. The molecule has 0 amide bonds. The number of rotatable bonds is 4. The molecule has 14 heavy (non-hydrogen) atoms. The largest absolute Gasteiger partial charge is 0.215 e. The van der Waals surface area contributed by atoms with Crippen molar-refractivity contribution < 1.29 is 8.42 Å². The Labute approximate surface area is 87.3 Å². The Morgan fingerprint density at radius 2 is 1.79 bits per heavy atom. The Bertz CT molecular complexity index is 253. The summed E-state index contributed by atoms with van der Waals surface area (Å²) < 4.78 is 25.6. The zero-order chi connectivity index (χ0) is 10.6. The predicted molar refractivity (Wildman–Crippen MR) is 58.6 cm³/mol. The molecule has 0 unspecified atom stereocenters. The molecule has 1 rings (SSSR count). The number of hydrogen-bond acceptors (Lipinski definition) is 2. The quantitative estimate of drug-likeness (QED) is 0.785. The first-order valence-electron chi connectivity index (χ1n) is 5.51. The predicted octanol–water partition coefficient (Wildman–Crippen LogP) is 1.89. The van der Waals surface area contributed by atoms with Crippen LogP contribution in [0.5, 0.6) is 0 Å². The average Bonchev–Trinajstić information content (AvgIpc) is 2.16. The SMILES string of the molecule is CC(C)S(=O)(=O)NCC1CCCCC1. The van der Waals surface area contributed by atoms with Crippen LogP contribution >= 0.6 is 0 Å². The van der Waals surface area contributed by atoms with Crippen LogP contribution in [-0.2, 0) is 10.0 Å². The maximum absolute atomic E-state index is 11.5. The van der Waals surface area contributed by atoms with E-state index in [1.54, 1.807) is 13.8 Å². The lowest BCUT2D eigenvalue weighted by Crippen LogP contribution is -2.35. The number of sulfonamides is 1. The van der Waals surface area contributed by atoms with Crippen molar-refractivity contribution in [3.63, 3.8) is 0 Å². The molecule has 0 aromatic carbocycles. The van der Waals surface area contributed by atoms with Crippen molar-refractivity contribution in [1.29, 1.82) is 0 Å². The summed E-state index contributed by atoms with van der Waals surface area (Å²) in [5.74, 6) is 0.567. The molecule has 0 spiro atoms. The Hall–Kier alpha value is -0.0900. The molecule has 3 nitrogen and oxygen atoms in total. The Balaban J connectivity index is 2.32. The van der Waals surface area contributed by atoms with Gasteiger partial charge >= 0.3 is 0 Å². The lowest BCUT2D eigenvalue weighted by molar-refractivity contribution is 0.357. The van der Waals surface area contributed by atoms with Gasteiger partial charge in [0.1, 0.15) is 0 Å². The van der Waals surface area contributed by atoms with E-state index >= 15 is 0 Å². The lowest BCUT2D eigenvalue weighted by Gasteiger charge is -2.22. The van der Waals surface area contributed by atoms with Gasteiger partial charge in [-0.1, -0.05) is 19.3 Å². The van der Waals surface area contributed by atoms with Crippen molar-refractivity contribution in [3.05, 3.63) is 0 Å². The van der Waals surface area contributed by atoms with Gasteiger partial charge in [0.05, 0.1) is 5.25 Å². The first-order valence-corrected chi connectivity index (χ1v) is 7.05. The molecule has 0 heterocycles. The zero-order valence-corrected chi connectivity index (χ0v) is 9.94. The molecule has 1 saturated carbocycles. The molecule has 4 heteroatoms. The Morgan fingerprint density at radius 1 is 1.21 bits per heavy atom. The molecule has 84 valence electrons. The third-order valence-electron chi connectivity index (χ3n) is 2.92. The van der Waals surface area contributed by atoms with E-state index in [2.05, 4.69) is 4.72 Å². The van der Waals surface area contributed by atoms with E-state index in [0.29, 0.717) is 12.5 Å². The van der Waals surface area contributed by atoms with Crippen molar-refractivity contribution in [1.82, 2.24) is 4.72 Å². The molecular weight excluding hydrogens is 198 g/mol. The second-order valence-electron chi connectivity index (χ2n) is 4.45. The highest BCUT2D eigenvalue weighted by Gasteiger charge is 2.19. The molecule has 0 bridgehead atoms. The van der Waals surface area contributed by atoms with Crippen molar-refractivity contribution >= 4 is 10.0 Å². The van der Waals surface area contributed by atoms with Crippen LogP contribution in [0.1, 0.15) is 46.0 Å². The van der Waals surface area contributed by atoms with Crippen LogP contribution in [0.3, 0.4) is 0 Å².